The molecule has 0 aliphatic rings. The van der Waals surface area contributed by atoms with Crippen LogP contribution >= 0.6 is 11.3 Å². The van der Waals surface area contributed by atoms with Crippen LogP contribution in [0.15, 0.2) is 18.3 Å². The Labute approximate surface area is 117 Å². The van der Waals surface area contributed by atoms with Crippen LogP contribution in [-0.4, -0.2) is 17.4 Å². The van der Waals surface area contributed by atoms with Crippen molar-refractivity contribution in [2.45, 2.75) is 27.2 Å². The number of amides is 1. The number of thiophene rings is 1. The topological polar surface area (TPSA) is 68.0 Å². The Bertz CT molecular complexity index is 604. The predicted octanol–water partition coefficient (Wildman–Crippen LogP) is 3.04. The van der Waals surface area contributed by atoms with E-state index in [1.807, 2.05) is 12.1 Å². The van der Waals surface area contributed by atoms with E-state index in [1.54, 1.807) is 6.20 Å². The third-order valence-corrected chi connectivity index (χ3v) is 4.52. The molecule has 0 fully saturated rings. The highest BCUT2D eigenvalue weighted by atomic mass is 32.1. The maximum Gasteiger partial charge on any atom is 0.263 e. The number of pyridine rings is 1. The molecule has 2 heterocycles. The Morgan fingerprint density at radius 3 is 2.89 bits per heavy atom. The average molecular weight is 277 g/mol. The SMILES string of the molecule is CCC(C)(C)CNC(=O)c1sc2ncccc2c1N. The van der Waals surface area contributed by atoms with Gasteiger partial charge in [0.2, 0.25) is 0 Å². The van der Waals surface area contributed by atoms with Crippen molar-refractivity contribution >= 4 is 33.1 Å². The fourth-order valence-corrected chi connectivity index (χ4v) is 2.62. The zero-order valence-corrected chi connectivity index (χ0v) is 12.3. The molecular weight excluding hydrogens is 258 g/mol. The van der Waals surface area contributed by atoms with E-state index in [2.05, 4.69) is 31.1 Å². The Balaban J connectivity index is 2.20. The molecule has 0 aliphatic heterocycles. The van der Waals surface area contributed by atoms with Gasteiger partial charge in [-0.2, -0.15) is 0 Å². The molecule has 5 heteroatoms. The first-order valence-corrected chi connectivity index (χ1v) is 7.17. The van der Waals surface area contributed by atoms with Crippen LogP contribution in [0, 0.1) is 5.41 Å². The molecule has 0 atom stereocenters. The Morgan fingerprint density at radius 2 is 2.26 bits per heavy atom. The molecule has 2 rings (SSSR count). The summed E-state index contributed by atoms with van der Waals surface area (Å²) in [7, 11) is 0. The van der Waals surface area contributed by atoms with Crippen molar-refractivity contribution in [2.75, 3.05) is 12.3 Å². The summed E-state index contributed by atoms with van der Waals surface area (Å²) in [5, 5.41) is 3.81. The van der Waals surface area contributed by atoms with E-state index in [0.29, 0.717) is 17.1 Å². The predicted molar refractivity (Wildman–Crippen MR) is 80.4 cm³/mol. The molecule has 0 aliphatic carbocycles. The molecule has 0 spiro atoms. The number of hydrogen-bond acceptors (Lipinski definition) is 4. The van der Waals surface area contributed by atoms with E-state index in [4.69, 9.17) is 5.73 Å². The minimum absolute atomic E-state index is 0.0966. The van der Waals surface area contributed by atoms with Crippen molar-refractivity contribution in [3.63, 3.8) is 0 Å². The Hall–Kier alpha value is -1.62. The van der Waals surface area contributed by atoms with Crippen LogP contribution in [0.2, 0.25) is 0 Å². The van der Waals surface area contributed by atoms with E-state index in [9.17, 15) is 4.79 Å². The zero-order valence-electron chi connectivity index (χ0n) is 11.5. The van der Waals surface area contributed by atoms with Crippen LogP contribution in [0.5, 0.6) is 0 Å². The second-order valence-electron chi connectivity index (χ2n) is 5.40. The molecule has 2 aromatic rings. The number of anilines is 1. The first-order valence-electron chi connectivity index (χ1n) is 6.36. The number of rotatable bonds is 4. The van der Waals surface area contributed by atoms with Crippen molar-refractivity contribution in [1.29, 1.82) is 0 Å². The van der Waals surface area contributed by atoms with Gasteiger partial charge < -0.3 is 11.1 Å². The number of nitrogens with zero attached hydrogens (tertiary/aromatic N) is 1. The fourth-order valence-electron chi connectivity index (χ4n) is 1.64. The fraction of sp³-hybridized carbons (Fsp3) is 0.429. The third-order valence-electron chi connectivity index (χ3n) is 3.40. The first-order chi connectivity index (χ1) is 8.94. The molecule has 4 nitrogen and oxygen atoms in total. The van der Waals surface area contributed by atoms with E-state index >= 15 is 0 Å². The van der Waals surface area contributed by atoms with Crippen molar-refractivity contribution in [1.82, 2.24) is 10.3 Å². The van der Waals surface area contributed by atoms with Gasteiger partial charge in [0.25, 0.3) is 5.91 Å². The molecule has 19 heavy (non-hydrogen) atoms. The van der Waals surface area contributed by atoms with Gasteiger partial charge in [-0.3, -0.25) is 4.79 Å². The van der Waals surface area contributed by atoms with E-state index in [1.165, 1.54) is 11.3 Å². The summed E-state index contributed by atoms with van der Waals surface area (Å²) in [6.07, 6.45) is 2.72. The van der Waals surface area contributed by atoms with Gasteiger partial charge in [-0.15, -0.1) is 11.3 Å². The molecule has 102 valence electrons. The van der Waals surface area contributed by atoms with Crippen LogP contribution in [0.1, 0.15) is 36.9 Å². The largest absolute Gasteiger partial charge is 0.397 e. The minimum atomic E-state index is -0.109. The summed E-state index contributed by atoms with van der Waals surface area (Å²) in [6.45, 7) is 7.01. The van der Waals surface area contributed by atoms with Crippen LogP contribution < -0.4 is 11.1 Å². The maximum atomic E-state index is 12.2. The lowest BCUT2D eigenvalue weighted by molar-refractivity contribution is 0.0940. The van der Waals surface area contributed by atoms with Gasteiger partial charge in [0.1, 0.15) is 9.71 Å². The summed E-state index contributed by atoms with van der Waals surface area (Å²) < 4.78 is 0. The van der Waals surface area contributed by atoms with Crippen molar-refractivity contribution in [2.24, 2.45) is 5.41 Å². The van der Waals surface area contributed by atoms with E-state index in [0.717, 1.165) is 16.6 Å². The number of hydrogen-bond donors (Lipinski definition) is 2. The van der Waals surface area contributed by atoms with Gasteiger partial charge in [-0.1, -0.05) is 20.8 Å². The Morgan fingerprint density at radius 1 is 1.53 bits per heavy atom. The number of fused-ring (bicyclic) bond motifs is 1. The zero-order chi connectivity index (χ0) is 14.0. The van der Waals surface area contributed by atoms with Crippen LogP contribution in [-0.2, 0) is 0 Å². The minimum Gasteiger partial charge on any atom is -0.397 e. The number of nitrogens with one attached hydrogen (secondary N) is 1. The lowest BCUT2D eigenvalue weighted by atomic mass is 9.90. The summed E-state index contributed by atoms with van der Waals surface area (Å²) in [4.78, 5) is 17.8. The van der Waals surface area contributed by atoms with Crippen LogP contribution in [0.4, 0.5) is 5.69 Å². The molecule has 0 bridgehead atoms. The number of carbonyl (C=O) groups excluding carboxylic acids is 1. The average Bonchev–Trinajstić information content (AvgIpc) is 2.74. The highest BCUT2D eigenvalue weighted by Gasteiger charge is 2.20. The molecule has 3 N–H and O–H groups in total. The second-order valence-corrected chi connectivity index (χ2v) is 6.40. The molecule has 0 radical (unpaired) electrons. The molecular formula is C14H19N3OS. The number of nitrogen functional groups attached to an aromatic ring is 1. The summed E-state index contributed by atoms with van der Waals surface area (Å²) in [6, 6.07) is 3.72. The Kier molecular flexibility index (Phi) is 3.75. The normalized spacial score (nSPS) is 11.7. The smallest absolute Gasteiger partial charge is 0.263 e. The quantitative estimate of drug-likeness (QED) is 0.902. The van der Waals surface area contributed by atoms with Gasteiger partial charge in [0.15, 0.2) is 0 Å². The van der Waals surface area contributed by atoms with Crippen molar-refractivity contribution < 1.29 is 4.79 Å². The van der Waals surface area contributed by atoms with E-state index in [-0.39, 0.29) is 11.3 Å². The standard InChI is InChI=1S/C14H19N3OS/c1-4-14(2,3)8-17-12(18)11-10(15)9-6-5-7-16-13(9)19-11/h5-7H,4,8,15H2,1-3H3,(H,17,18). The molecule has 0 aromatic carbocycles. The van der Waals surface area contributed by atoms with Crippen molar-refractivity contribution in [3.05, 3.63) is 23.2 Å². The molecule has 2 aromatic heterocycles. The first kappa shape index (κ1) is 13.8. The molecule has 1 amide bonds. The van der Waals surface area contributed by atoms with Crippen LogP contribution in [0.3, 0.4) is 0 Å². The molecule has 0 unspecified atom stereocenters. The second kappa shape index (κ2) is 5.17. The summed E-state index contributed by atoms with van der Waals surface area (Å²) >= 11 is 1.34. The number of nitrogens with two attached hydrogens (primary N) is 1. The monoisotopic (exact) mass is 277 g/mol. The number of carbonyl (C=O) groups is 1. The molecule has 0 saturated heterocycles. The van der Waals surface area contributed by atoms with Gasteiger partial charge in [-0.05, 0) is 24.0 Å². The van der Waals surface area contributed by atoms with Crippen molar-refractivity contribution in [3.8, 4) is 0 Å². The molecule has 0 saturated carbocycles. The highest BCUT2D eigenvalue weighted by Crippen LogP contribution is 2.31. The lowest BCUT2D eigenvalue weighted by Gasteiger charge is -2.22. The third kappa shape index (κ3) is 2.87. The summed E-state index contributed by atoms with van der Waals surface area (Å²) in [5.41, 5.74) is 6.65. The van der Waals surface area contributed by atoms with E-state index < -0.39 is 0 Å². The summed E-state index contributed by atoms with van der Waals surface area (Å²) in [5.74, 6) is -0.109. The van der Waals surface area contributed by atoms with Crippen LogP contribution in [0.25, 0.3) is 10.2 Å². The maximum absolute atomic E-state index is 12.2. The lowest BCUT2D eigenvalue weighted by Crippen LogP contribution is -2.33. The van der Waals surface area contributed by atoms with Gasteiger partial charge >= 0.3 is 0 Å². The van der Waals surface area contributed by atoms with Gasteiger partial charge in [-0.25, -0.2) is 4.98 Å². The highest BCUT2D eigenvalue weighted by molar-refractivity contribution is 7.21. The number of aromatic nitrogens is 1. The van der Waals surface area contributed by atoms with Gasteiger partial charge in [0, 0.05) is 18.1 Å². The van der Waals surface area contributed by atoms with Gasteiger partial charge in [0.05, 0.1) is 5.69 Å².